The first kappa shape index (κ1) is 12.8. The van der Waals surface area contributed by atoms with Crippen molar-refractivity contribution in [3.05, 3.63) is 24.3 Å². The molecule has 0 amide bonds. The van der Waals surface area contributed by atoms with Gasteiger partial charge in [-0.05, 0) is 30.2 Å². The lowest BCUT2D eigenvalue weighted by Crippen LogP contribution is -2.32. The van der Waals surface area contributed by atoms with Crippen LogP contribution in [-0.2, 0) is 0 Å². The van der Waals surface area contributed by atoms with E-state index in [1.54, 1.807) is 7.11 Å². The highest BCUT2D eigenvalue weighted by molar-refractivity contribution is 5.49. The fourth-order valence-electron chi connectivity index (χ4n) is 1.72. The topological polar surface area (TPSA) is 38.5 Å². The first-order valence-corrected chi connectivity index (χ1v) is 5.76. The highest BCUT2D eigenvalue weighted by atomic mass is 16.5. The number of rotatable bonds is 6. The Labute approximate surface area is 98.2 Å². The number of anilines is 1. The van der Waals surface area contributed by atoms with Crippen LogP contribution in [0, 0.1) is 5.92 Å². The number of nitrogens with two attached hydrogens (primary N) is 1. The molecule has 0 aliphatic rings. The van der Waals surface area contributed by atoms with E-state index in [4.69, 9.17) is 10.5 Å². The van der Waals surface area contributed by atoms with Crippen molar-refractivity contribution in [3.63, 3.8) is 0 Å². The van der Waals surface area contributed by atoms with Crippen molar-refractivity contribution in [1.82, 2.24) is 0 Å². The summed E-state index contributed by atoms with van der Waals surface area (Å²) in [7, 11) is 1.68. The molecule has 2 N–H and O–H groups in total. The minimum Gasteiger partial charge on any atom is -0.497 e. The lowest BCUT2D eigenvalue weighted by Gasteiger charge is -2.26. The molecule has 0 aromatic heterocycles. The number of methoxy groups -OCH3 is 1. The predicted molar refractivity (Wildman–Crippen MR) is 69.1 cm³/mol. The quantitative estimate of drug-likeness (QED) is 0.801. The van der Waals surface area contributed by atoms with Crippen LogP contribution >= 0.6 is 0 Å². The van der Waals surface area contributed by atoms with Crippen LogP contribution in [0.5, 0.6) is 5.75 Å². The van der Waals surface area contributed by atoms with E-state index in [0.29, 0.717) is 12.5 Å². The Balaban J connectivity index is 2.75. The van der Waals surface area contributed by atoms with Gasteiger partial charge in [0.25, 0.3) is 0 Å². The average molecular weight is 222 g/mol. The molecule has 0 aliphatic heterocycles. The smallest absolute Gasteiger partial charge is 0.119 e. The maximum absolute atomic E-state index is 5.63. The molecular formula is C13H22N2O. The summed E-state index contributed by atoms with van der Waals surface area (Å²) in [5, 5.41) is 0. The molecule has 0 saturated heterocycles. The summed E-state index contributed by atoms with van der Waals surface area (Å²) in [6, 6.07) is 8.13. The second kappa shape index (κ2) is 6.38. The molecule has 0 aliphatic carbocycles. The van der Waals surface area contributed by atoms with Crippen LogP contribution in [0.4, 0.5) is 5.69 Å². The molecular weight excluding hydrogens is 200 g/mol. The van der Waals surface area contributed by atoms with Gasteiger partial charge in [0.2, 0.25) is 0 Å². The van der Waals surface area contributed by atoms with E-state index in [1.807, 2.05) is 12.1 Å². The Morgan fingerprint density at radius 2 is 1.88 bits per heavy atom. The van der Waals surface area contributed by atoms with E-state index in [1.165, 1.54) is 5.69 Å². The molecule has 0 spiro atoms. The molecule has 0 radical (unpaired) electrons. The van der Waals surface area contributed by atoms with Crippen LogP contribution in [0.2, 0.25) is 0 Å². The highest BCUT2D eigenvalue weighted by Gasteiger charge is 2.07. The van der Waals surface area contributed by atoms with Gasteiger partial charge < -0.3 is 15.4 Å². The normalized spacial score (nSPS) is 10.6. The van der Waals surface area contributed by atoms with Crippen LogP contribution in [0.3, 0.4) is 0 Å². The van der Waals surface area contributed by atoms with Gasteiger partial charge in [0, 0.05) is 25.3 Å². The second-order valence-electron chi connectivity index (χ2n) is 4.33. The van der Waals surface area contributed by atoms with Crippen molar-refractivity contribution in [2.24, 2.45) is 11.7 Å². The number of benzene rings is 1. The van der Waals surface area contributed by atoms with Crippen molar-refractivity contribution in [2.75, 3.05) is 31.6 Å². The van der Waals surface area contributed by atoms with Crippen molar-refractivity contribution < 1.29 is 4.74 Å². The monoisotopic (exact) mass is 222 g/mol. The molecule has 0 saturated carbocycles. The standard InChI is InChI=1S/C13H22N2O/c1-11(2)10-15(9-8-14)12-4-6-13(16-3)7-5-12/h4-7,11H,8-10,14H2,1-3H3. The number of hydrogen-bond acceptors (Lipinski definition) is 3. The van der Waals surface area contributed by atoms with E-state index in [9.17, 15) is 0 Å². The number of nitrogens with zero attached hydrogens (tertiary/aromatic N) is 1. The van der Waals surface area contributed by atoms with Gasteiger partial charge in [-0.15, -0.1) is 0 Å². The molecule has 3 nitrogen and oxygen atoms in total. The van der Waals surface area contributed by atoms with Gasteiger partial charge in [-0.25, -0.2) is 0 Å². The predicted octanol–water partition coefficient (Wildman–Crippen LogP) is 2.12. The van der Waals surface area contributed by atoms with Crippen molar-refractivity contribution in [2.45, 2.75) is 13.8 Å². The Morgan fingerprint density at radius 1 is 1.25 bits per heavy atom. The van der Waals surface area contributed by atoms with Crippen molar-refractivity contribution in [1.29, 1.82) is 0 Å². The van der Waals surface area contributed by atoms with Crippen LogP contribution in [0.25, 0.3) is 0 Å². The van der Waals surface area contributed by atoms with Crippen LogP contribution in [0.1, 0.15) is 13.8 Å². The van der Waals surface area contributed by atoms with Gasteiger partial charge in [-0.2, -0.15) is 0 Å². The van der Waals surface area contributed by atoms with Gasteiger partial charge in [-0.1, -0.05) is 13.8 Å². The van der Waals surface area contributed by atoms with E-state index in [0.717, 1.165) is 18.8 Å². The summed E-state index contributed by atoms with van der Waals surface area (Å²) in [6.45, 7) is 7.03. The summed E-state index contributed by atoms with van der Waals surface area (Å²) in [6.07, 6.45) is 0. The van der Waals surface area contributed by atoms with Gasteiger partial charge >= 0.3 is 0 Å². The molecule has 16 heavy (non-hydrogen) atoms. The Kier molecular flexibility index (Phi) is 5.12. The molecule has 1 aromatic carbocycles. The molecule has 3 heteroatoms. The molecule has 0 bridgehead atoms. The Morgan fingerprint density at radius 3 is 2.31 bits per heavy atom. The van der Waals surface area contributed by atoms with Crippen molar-refractivity contribution >= 4 is 5.69 Å². The van der Waals surface area contributed by atoms with Gasteiger partial charge in [0.1, 0.15) is 5.75 Å². The third-order valence-corrected chi connectivity index (χ3v) is 2.42. The fourth-order valence-corrected chi connectivity index (χ4v) is 1.72. The van der Waals surface area contributed by atoms with Gasteiger partial charge in [0.05, 0.1) is 7.11 Å². The molecule has 1 rings (SSSR count). The zero-order valence-corrected chi connectivity index (χ0v) is 10.4. The third kappa shape index (κ3) is 3.74. The van der Waals surface area contributed by atoms with Gasteiger partial charge in [-0.3, -0.25) is 0 Å². The van der Waals surface area contributed by atoms with Crippen LogP contribution < -0.4 is 15.4 Å². The van der Waals surface area contributed by atoms with Crippen LogP contribution in [-0.4, -0.2) is 26.7 Å². The summed E-state index contributed by atoms with van der Waals surface area (Å²) in [5.74, 6) is 1.52. The first-order valence-electron chi connectivity index (χ1n) is 5.76. The Bertz CT molecular complexity index is 295. The first-order chi connectivity index (χ1) is 7.67. The minimum atomic E-state index is 0.633. The van der Waals surface area contributed by atoms with E-state index < -0.39 is 0 Å². The maximum atomic E-state index is 5.63. The summed E-state index contributed by atoms with van der Waals surface area (Å²) in [5.41, 5.74) is 6.84. The minimum absolute atomic E-state index is 0.633. The van der Waals surface area contributed by atoms with E-state index >= 15 is 0 Å². The Hall–Kier alpha value is -1.22. The zero-order chi connectivity index (χ0) is 12.0. The average Bonchev–Trinajstić information content (AvgIpc) is 2.28. The SMILES string of the molecule is COc1ccc(N(CCN)CC(C)C)cc1. The second-order valence-corrected chi connectivity index (χ2v) is 4.33. The number of ether oxygens (including phenoxy) is 1. The number of hydrogen-bond donors (Lipinski definition) is 1. The molecule has 90 valence electrons. The van der Waals surface area contributed by atoms with Crippen molar-refractivity contribution in [3.8, 4) is 5.75 Å². The molecule has 0 unspecified atom stereocenters. The molecule has 0 fully saturated rings. The van der Waals surface area contributed by atoms with E-state index in [-0.39, 0.29) is 0 Å². The summed E-state index contributed by atoms with van der Waals surface area (Å²) >= 11 is 0. The van der Waals surface area contributed by atoms with Crippen LogP contribution in [0.15, 0.2) is 24.3 Å². The lowest BCUT2D eigenvalue weighted by atomic mass is 10.2. The summed E-state index contributed by atoms with van der Waals surface area (Å²) in [4.78, 5) is 2.31. The zero-order valence-electron chi connectivity index (χ0n) is 10.4. The van der Waals surface area contributed by atoms with E-state index in [2.05, 4.69) is 30.9 Å². The molecule has 0 heterocycles. The fraction of sp³-hybridized carbons (Fsp3) is 0.538. The lowest BCUT2D eigenvalue weighted by molar-refractivity contribution is 0.415. The largest absolute Gasteiger partial charge is 0.497 e. The molecule has 0 atom stereocenters. The maximum Gasteiger partial charge on any atom is 0.119 e. The highest BCUT2D eigenvalue weighted by Crippen LogP contribution is 2.19. The molecule has 1 aromatic rings. The summed E-state index contributed by atoms with van der Waals surface area (Å²) < 4.78 is 5.15. The van der Waals surface area contributed by atoms with Gasteiger partial charge in [0.15, 0.2) is 0 Å². The third-order valence-electron chi connectivity index (χ3n) is 2.42.